The van der Waals surface area contributed by atoms with Gasteiger partial charge in [0.1, 0.15) is 5.75 Å². The third kappa shape index (κ3) is 5.43. The van der Waals surface area contributed by atoms with Crippen molar-refractivity contribution in [3.63, 3.8) is 0 Å². The van der Waals surface area contributed by atoms with E-state index in [1.165, 1.54) is 21.1 Å². The maximum Gasteiger partial charge on any atom is 0.340 e. The second-order valence-corrected chi connectivity index (χ2v) is 7.14. The lowest BCUT2D eigenvalue weighted by Crippen LogP contribution is -2.04. The largest absolute Gasteiger partial charge is 0.469 e. The summed E-state index contributed by atoms with van der Waals surface area (Å²) in [5, 5.41) is 0.783. The molecule has 3 rings (SSSR count). The molecule has 0 aliphatic rings. The van der Waals surface area contributed by atoms with E-state index in [4.69, 9.17) is 14.2 Å². The Bertz CT molecular complexity index is 1160. The van der Waals surface area contributed by atoms with Crippen LogP contribution in [0.5, 0.6) is 5.75 Å². The molecule has 0 amide bonds. The van der Waals surface area contributed by atoms with E-state index in [9.17, 15) is 14.4 Å². The fraction of sp³-hybridized carbons (Fsp3) is 0.240. The van der Waals surface area contributed by atoms with Gasteiger partial charge in [0.25, 0.3) is 0 Å². The molecule has 0 N–H and O–H groups in total. The second-order valence-electron chi connectivity index (χ2n) is 7.14. The normalized spacial score (nSPS) is 11.0. The van der Waals surface area contributed by atoms with Gasteiger partial charge in [0, 0.05) is 37.0 Å². The molecule has 3 aromatic rings. The lowest BCUT2D eigenvalue weighted by Gasteiger charge is -2.06. The molecule has 7 nitrogen and oxygen atoms in total. The zero-order chi connectivity index (χ0) is 23.1. The summed E-state index contributed by atoms with van der Waals surface area (Å²) in [5.74, 6) is -0.577. The summed E-state index contributed by atoms with van der Waals surface area (Å²) in [6.45, 7) is 1.92. The monoisotopic (exact) mass is 435 g/mol. The molecule has 0 spiro atoms. The van der Waals surface area contributed by atoms with Crippen molar-refractivity contribution in [3.05, 3.63) is 65.4 Å². The molecule has 0 saturated heterocycles. The van der Waals surface area contributed by atoms with E-state index >= 15 is 0 Å². The summed E-state index contributed by atoms with van der Waals surface area (Å²) in [6, 6.07) is 12.9. The molecule has 2 aromatic carbocycles. The highest BCUT2D eigenvalue weighted by Crippen LogP contribution is 2.28. The van der Waals surface area contributed by atoms with Crippen molar-refractivity contribution >= 4 is 41.0 Å². The van der Waals surface area contributed by atoms with Crippen LogP contribution in [0.3, 0.4) is 0 Å². The first kappa shape index (κ1) is 22.8. The highest BCUT2D eigenvalue weighted by molar-refractivity contribution is 6.08. The van der Waals surface area contributed by atoms with Crippen molar-refractivity contribution in [2.24, 2.45) is 0 Å². The molecule has 166 valence electrons. The number of aromatic nitrogens is 1. The van der Waals surface area contributed by atoms with Crippen LogP contribution in [0.2, 0.25) is 0 Å². The van der Waals surface area contributed by atoms with Crippen LogP contribution >= 0.6 is 0 Å². The predicted octanol–water partition coefficient (Wildman–Crippen LogP) is 4.48. The number of carbonyl (C=O) groups excluding carboxylic acids is 3. The summed E-state index contributed by atoms with van der Waals surface area (Å²) < 4.78 is 16.7. The topological polar surface area (TPSA) is 83.8 Å². The molecule has 0 aliphatic carbocycles. The summed E-state index contributed by atoms with van der Waals surface area (Å²) >= 11 is 0. The van der Waals surface area contributed by atoms with E-state index in [2.05, 4.69) is 0 Å². The minimum absolute atomic E-state index is 0.266. The van der Waals surface area contributed by atoms with E-state index in [1.807, 2.05) is 47.1 Å². The molecular formula is C25H25NO6. The number of methoxy groups -OCH3 is 2. The van der Waals surface area contributed by atoms with Gasteiger partial charge in [-0.25, -0.2) is 4.79 Å². The van der Waals surface area contributed by atoms with Gasteiger partial charge >= 0.3 is 17.9 Å². The molecular weight excluding hydrogens is 410 g/mol. The summed E-state index contributed by atoms with van der Waals surface area (Å²) in [6.07, 6.45) is 6.49. The highest BCUT2D eigenvalue weighted by atomic mass is 16.5. The van der Waals surface area contributed by atoms with Gasteiger partial charge < -0.3 is 18.8 Å². The van der Waals surface area contributed by atoms with E-state index < -0.39 is 5.97 Å². The Labute approximate surface area is 186 Å². The smallest absolute Gasteiger partial charge is 0.340 e. The SMILES string of the molecule is COC(=O)CCCn1cc(C(=O)OC)c2c(/C=C/c3ccc(OC(C)=O)cc3)cccc21. The predicted molar refractivity (Wildman–Crippen MR) is 121 cm³/mol. The lowest BCUT2D eigenvalue weighted by molar-refractivity contribution is -0.140. The van der Waals surface area contributed by atoms with Crippen molar-refractivity contribution in [2.75, 3.05) is 14.2 Å². The number of carbonyl (C=O) groups is 3. The van der Waals surface area contributed by atoms with Gasteiger partial charge in [-0.15, -0.1) is 0 Å². The zero-order valence-electron chi connectivity index (χ0n) is 18.3. The Morgan fingerprint density at radius 2 is 1.72 bits per heavy atom. The minimum atomic E-state index is -0.423. The number of rotatable bonds is 8. The second kappa shape index (κ2) is 10.4. The molecule has 32 heavy (non-hydrogen) atoms. The molecule has 1 aromatic heterocycles. The van der Waals surface area contributed by atoms with Crippen molar-refractivity contribution < 1.29 is 28.6 Å². The molecule has 0 fully saturated rings. The molecule has 0 atom stereocenters. The van der Waals surface area contributed by atoms with Crippen LogP contribution in [-0.2, 0) is 25.6 Å². The Hall–Kier alpha value is -3.87. The van der Waals surface area contributed by atoms with Gasteiger partial charge in [-0.1, -0.05) is 36.4 Å². The number of hydrogen-bond donors (Lipinski definition) is 0. The fourth-order valence-electron chi connectivity index (χ4n) is 3.46. The first-order chi connectivity index (χ1) is 15.4. The van der Waals surface area contributed by atoms with Gasteiger partial charge in [0.05, 0.1) is 19.8 Å². The third-order valence-corrected chi connectivity index (χ3v) is 4.95. The van der Waals surface area contributed by atoms with Crippen LogP contribution in [0.4, 0.5) is 0 Å². The highest BCUT2D eigenvalue weighted by Gasteiger charge is 2.18. The molecule has 0 bridgehead atoms. The lowest BCUT2D eigenvalue weighted by atomic mass is 10.0. The van der Waals surface area contributed by atoms with Gasteiger partial charge in [0.2, 0.25) is 0 Å². The number of ether oxygens (including phenoxy) is 3. The average molecular weight is 435 g/mol. The Morgan fingerprint density at radius 1 is 0.969 bits per heavy atom. The first-order valence-electron chi connectivity index (χ1n) is 10.2. The Morgan fingerprint density at radius 3 is 2.38 bits per heavy atom. The third-order valence-electron chi connectivity index (χ3n) is 4.95. The number of nitrogens with zero attached hydrogens (tertiary/aromatic N) is 1. The maximum absolute atomic E-state index is 12.4. The van der Waals surface area contributed by atoms with Crippen LogP contribution in [0.15, 0.2) is 48.7 Å². The van der Waals surface area contributed by atoms with Gasteiger partial charge in [-0.3, -0.25) is 9.59 Å². The van der Waals surface area contributed by atoms with Gasteiger partial charge in [-0.2, -0.15) is 0 Å². The van der Waals surface area contributed by atoms with Crippen molar-refractivity contribution in [1.82, 2.24) is 4.57 Å². The number of fused-ring (bicyclic) bond motifs is 1. The summed E-state index contributed by atoms with van der Waals surface area (Å²) in [5.41, 5.74) is 3.11. The van der Waals surface area contributed by atoms with Gasteiger partial charge in [0.15, 0.2) is 0 Å². The van der Waals surface area contributed by atoms with E-state index in [-0.39, 0.29) is 11.9 Å². The molecule has 1 heterocycles. The Balaban J connectivity index is 1.92. The zero-order valence-corrected chi connectivity index (χ0v) is 18.3. The van der Waals surface area contributed by atoms with E-state index in [0.29, 0.717) is 30.7 Å². The van der Waals surface area contributed by atoms with Crippen LogP contribution in [0.25, 0.3) is 23.1 Å². The van der Waals surface area contributed by atoms with Gasteiger partial charge in [-0.05, 0) is 35.7 Å². The molecule has 0 aliphatic heterocycles. The van der Waals surface area contributed by atoms with E-state index in [0.717, 1.165) is 22.0 Å². The number of benzene rings is 2. The number of aryl methyl sites for hydroxylation is 1. The summed E-state index contributed by atoms with van der Waals surface area (Å²) in [4.78, 5) is 34.9. The molecule has 7 heteroatoms. The van der Waals surface area contributed by atoms with Crippen LogP contribution in [-0.4, -0.2) is 36.7 Å². The quantitative estimate of drug-likeness (QED) is 0.295. The fourth-order valence-corrected chi connectivity index (χ4v) is 3.46. The van der Waals surface area contributed by atoms with Crippen molar-refractivity contribution in [3.8, 4) is 5.75 Å². The Kier molecular flexibility index (Phi) is 7.44. The average Bonchev–Trinajstić information content (AvgIpc) is 3.17. The van der Waals surface area contributed by atoms with Crippen LogP contribution < -0.4 is 4.74 Å². The van der Waals surface area contributed by atoms with Crippen LogP contribution in [0, 0.1) is 0 Å². The van der Waals surface area contributed by atoms with Crippen LogP contribution in [0.1, 0.15) is 41.3 Å². The van der Waals surface area contributed by atoms with E-state index in [1.54, 1.807) is 18.3 Å². The number of esters is 3. The molecule has 0 unspecified atom stereocenters. The standard InChI is InChI=1S/C25H25NO6/c1-17(27)32-20-13-10-18(11-14-20)9-12-19-6-4-7-22-24(19)21(25(29)31-3)16-26(22)15-5-8-23(28)30-2/h4,6-7,9-14,16H,5,8,15H2,1-3H3/b12-9+. The minimum Gasteiger partial charge on any atom is -0.469 e. The molecule has 0 saturated carbocycles. The molecule has 0 radical (unpaired) electrons. The number of hydrogen-bond acceptors (Lipinski definition) is 6. The first-order valence-corrected chi connectivity index (χ1v) is 10.2. The maximum atomic E-state index is 12.4. The summed E-state index contributed by atoms with van der Waals surface area (Å²) in [7, 11) is 2.72. The van der Waals surface area contributed by atoms with Crippen molar-refractivity contribution in [2.45, 2.75) is 26.3 Å². The van der Waals surface area contributed by atoms with Crippen molar-refractivity contribution in [1.29, 1.82) is 0 Å².